The molecule has 0 N–H and O–H groups in total. The van der Waals surface area contributed by atoms with Crippen molar-refractivity contribution >= 4 is 34.5 Å². The predicted molar refractivity (Wildman–Crippen MR) is 230 cm³/mol. The summed E-state index contributed by atoms with van der Waals surface area (Å²) in [7, 11) is 0. The molecule has 2 aliphatic rings. The zero-order valence-electron chi connectivity index (χ0n) is 33.2. The molecule has 6 aromatic rings. The highest BCUT2D eigenvalue weighted by Crippen LogP contribution is 2.47. The van der Waals surface area contributed by atoms with Crippen molar-refractivity contribution in [1.82, 2.24) is 0 Å². The smallest absolute Gasteiger partial charge is 0.343 e. The number of anilines is 1. The Morgan fingerprint density at radius 1 is 0.707 bits per heavy atom. The van der Waals surface area contributed by atoms with Crippen LogP contribution in [0.3, 0.4) is 0 Å². The Kier molecular flexibility index (Phi) is 11.6. The number of esters is 2. The molecule has 7 heteroatoms. The lowest BCUT2D eigenvalue weighted by Gasteiger charge is -2.37. The first-order valence-electron chi connectivity index (χ1n) is 20.6. The minimum absolute atomic E-state index is 0.223. The van der Waals surface area contributed by atoms with Crippen LogP contribution in [-0.4, -0.2) is 31.6 Å². The van der Waals surface area contributed by atoms with Gasteiger partial charge in [-0.15, -0.1) is 0 Å². The quantitative estimate of drug-likeness (QED) is 0.0657. The van der Waals surface area contributed by atoms with Crippen molar-refractivity contribution in [2.75, 3.05) is 24.6 Å². The maximum absolute atomic E-state index is 13.5. The second kappa shape index (κ2) is 17.4. The maximum atomic E-state index is 13.5. The monoisotopic (exact) mass is 771 g/mol. The van der Waals surface area contributed by atoms with Gasteiger partial charge in [0.25, 0.3) is 0 Å². The number of benzene rings is 6. The maximum Gasteiger partial charge on any atom is 0.343 e. The van der Waals surface area contributed by atoms with Crippen molar-refractivity contribution in [3.63, 3.8) is 0 Å². The van der Waals surface area contributed by atoms with Gasteiger partial charge in [0, 0.05) is 40.9 Å². The SMILES string of the molecule is CCCCCc1ccc(Oc2ccc(C(=O)Oc3ccc4c5c(c(C(=O)OCC)cc4c3)C=CC(c3ccccc3)(c3ccc(N4CCCCC4)cc3)O5)cc2)cc1. The first kappa shape index (κ1) is 38.5. The second-order valence-electron chi connectivity index (χ2n) is 15.0. The van der Waals surface area contributed by atoms with E-state index in [1.807, 2.05) is 48.6 Å². The third-order valence-electron chi connectivity index (χ3n) is 11.1. The van der Waals surface area contributed by atoms with Crippen LogP contribution in [0.15, 0.2) is 133 Å². The van der Waals surface area contributed by atoms with Crippen molar-refractivity contribution in [2.45, 2.75) is 64.4 Å². The molecule has 1 atom stereocenters. The fourth-order valence-electron chi connectivity index (χ4n) is 7.98. The van der Waals surface area contributed by atoms with Gasteiger partial charge >= 0.3 is 11.9 Å². The van der Waals surface area contributed by atoms with E-state index in [2.05, 4.69) is 60.4 Å². The second-order valence-corrected chi connectivity index (χ2v) is 15.0. The van der Waals surface area contributed by atoms with Crippen molar-refractivity contribution in [3.8, 4) is 23.0 Å². The molecule has 1 saturated heterocycles. The van der Waals surface area contributed by atoms with E-state index in [1.165, 1.54) is 49.8 Å². The summed E-state index contributed by atoms with van der Waals surface area (Å²) in [6, 6.07) is 41.0. The highest BCUT2D eigenvalue weighted by Gasteiger charge is 2.39. The van der Waals surface area contributed by atoms with E-state index in [-0.39, 0.29) is 6.61 Å². The number of fused-ring (bicyclic) bond motifs is 3. The van der Waals surface area contributed by atoms with E-state index in [4.69, 9.17) is 18.9 Å². The molecule has 1 unspecified atom stereocenters. The van der Waals surface area contributed by atoms with Gasteiger partial charge in [-0.2, -0.15) is 0 Å². The topological polar surface area (TPSA) is 74.3 Å². The van der Waals surface area contributed by atoms with Gasteiger partial charge in [0.15, 0.2) is 5.60 Å². The molecule has 294 valence electrons. The minimum Gasteiger partial charge on any atom is -0.472 e. The third kappa shape index (κ3) is 8.21. The average molecular weight is 772 g/mol. The number of aryl methyl sites for hydroxylation is 1. The van der Waals surface area contributed by atoms with Gasteiger partial charge in [-0.1, -0.05) is 74.4 Å². The number of nitrogens with zero attached hydrogens (tertiary/aromatic N) is 1. The molecule has 0 spiro atoms. The lowest BCUT2D eigenvalue weighted by molar-refractivity contribution is 0.0524. The third-order valence-corrected chi connectivity index (χ3v) is 11.1. The van der Waals surface area contributed by atoms with Crippen LogP contribution in [0.2, 0.25) is 0 Å². The first-order valence-corrected chi connectivity index (χ1v) is 20.6. The fourth-order valence-corrected chi connectivity index (χ4v) is 7.98. The van der Waals surface area contributed by atoms with Gasteiger partial charge < -0.3 is 23.8 Å². The Morgan fingerprint density at radius 2 is 1.40 bits per heavy atom. The first-order chi connectivity index (χ1) is 28.4. The highest BCUT2D eigenvalue weighted by molar-refractivity contribution is 6.04. The summed E-state index contributed by atoms with van der Waals surface area (Å²) in [6.45, 7) is 6.33. The zero-order valence-corrected chi connectivity index (χ0v) is 33.2. The number of carbonyl (C=O) groups excluding carboxylic acids is 2. The Balaban J connectivity index is 1.07. The van der Waals surface area contributed by atoms with Crippen LogP contribution in [0.25, 0.3) is 16.8 Å². The number of hydrogen-bond acceptors (Lipinski definition) is 7. The molecule has 2 heterocycles. The van der Waals surface area contributed by atoms with Crippen molar-refractivity contribution < 1.29 is 28.5 Å². The molecular weight excluding hydrogens is 723 g/mol. The number of hydrogen-bond donors (Lipinski definition) is 0. The summed E-state index contributed by atoms with van der Waals surface area (Å²) in [6.07, 6.45) is 12.3. The van der Waals surface area contributed by atoms with Gasteiger partial charge in [0.2, 0.25) is 0 Å². The van der Waals surface area contributed by atoms with E-state index in [0.29, 0.717) is 39.3 Å². The predicted octanol–water partition coefficient (Wildman–Crippen LogP) is 12.1. The van der Waals surface area contributed by atoms with Crippen LogP contribution in [0.1, 0.15) is 95.3 Å². The van der Waals surface area contributed by atoms with Gasteiger partial charge in [-0.05, 0) is 135 Å². The largest absolute Gasteiger partial charge is 0.472 e. The van der Waals surface area contributed by atoms with E-state index >= 15 is 0 Å². The summed E-state index contributed by atoms with van der Waals surface area (Å²) in [4.78, 5) is 29.3. The standard InChI is InChI=1S/C51H49NO6/c1-3-5-8-13-36-16-24-42(25-17-36)56-43-26-18-37(19-27-43)49(53)57-44-28-29-45-38(34-44)35-47(50(54)55-4-2)46-30-31-51(58-48(45)46,39-14-9-6-10-15-39)40-20-22-41(23-21-40)52-32-11-7-12-33-52/h6,9-10,14-31,34-35H,3-5,7-8,11-13,32-33H2,1-2H3. The van der Waals surface area contributed by atoms with Gasteiger partial charge in [-0.25, -0.2) is 9.59 Å². The molecule has 0 amide bonds. The molecule has 2 aliphatic heterocycles. The van der Waals surface area contributed by atoms with Crippen LogP contribution in [0, 0.1) is 0 Å². The number of unbranched alkanes of at least 4 members (excludes halogenated alkanes) is 2. The van der Waals surface area contributed by atoms with Crippen LogP contribution in [0.5, 0.6) is 23.0 Å². The Labute approximate surface area is 340 Å². The molecule has 7 nitrogen and oxygen atoms in total. The molecule has 8 rings (SSSR count). The molecule has 1 fully saturated rings. The number of piperidine rings is 1. The lowest BCUT2D eigenvalue weighted by Crippen LogP contribution is -2.35. The van der Waals surface area contributed by atoms with Gasteiger partial charge in [0.05, 0.1) is 17.7 Å². The van der Waals surface area contributed by atoms with E-state index < -0.39 is 17.5 Å². The molecule has 0 bridgehead atoms. The van der Waals surface area contributed by atoms with Crippen molar-refractivity contribution in [2.24, 2.45) is 0 Å². The number of ether oxygens (including phenoxy) is 4. The summed E-state index contributed by atoms with van der Waals surface area (Å²) in [5, 5.41) is 1.44. The molecule has 0 saturated carbocycles. The number of carbonyl (C=O) groups is 2. The van der Waals surface area contributed by atoms with E-state index in [1.54, 1.807) is 49.4 Å². The average Bonchev–Trinajstić information content (AvgIpc) is 3.27. The van der Waals surface area contributed by atoms with Crippen LogP contribution in [0.4, 0.5) is 5.69 Å². The van der Waals surface area contributed by atoms with Gasteiger partial charge in [0.1, 0.15) is 23.0 Å². The lowest BCUT2D eigenvalue weighted by atomic mass is 9.82. The van der Waals surface area contributed by atoms with Crippen LogP contribution < -0.4 is 19.1 Å². The highest BCUT2D eigenvalue weighted by atomic mass is 16.5. The van der Waals surface area contributed by atoms with E-state index in [9.17, 15) is 9.59 Å². The Morgan fingerprint density at radius 3 is 2.10 bits per heavy atom. The zero-order chi connectivity index (χ0) is 39.9. The van der Waals surface area contributed by atoms with E-state index in [0.717, 1.165) is 41.8 Å². The van der Waals surface area contributed by atoms with Crippen LogP contribution in [-0.2, 0) is 16.8 Å². The van der Waals surface area contributed by atoms with Crippen molar-refractivity contribution in [3.05, 3.63) is 167 Å². The normalized spacial score (nSPS) is 16.0. The molecule has 0 radical (unpaired) electrons. The summed E-state index contributed by atoms with van der Waals surface area (Å²) in [5.74, 6) is 1.27. The molecule has 6 aromatic carbocycles. The molecular formula is C51H49NO6. The fraction of sp³-hybridized carbons (Fsp3) is 0.255. The summed E-state index contributed by atoms with van der Waals surface area (Å²) < 4.78 is 24.7. The van der Waals surface area contributed by atoms with Gasteiger partial charge in [-0.3, -0.25) is 0 Å². The summed E-state index contributed by atoms with van der Waals surface area (Å²) >= 11 is 0. The van der Waals surface area contributed by atoms with Crippen LogP contribution >= 0.6 is 0 Å². The Bertz CT molecular complexity index is 2400. The summed E-state index contributed by atoms with van der Waals surface area (Å²) in [5.41, 5.74) is 4.82. The minimum atomic E-state index is -0.979. The number of rotatable bonds is 13. The van der Waals surface area contributed by atoms with Crippen molar-refractivity contribution in [1.29, 1.82) is 0 Å². The molecule has 0 aromatic heterocycles. The molecule has 0 aliphatic carbocycles. The Hall–Kier alpha value is -6.34. The molecule has 58 heavy (non-hydrogen) atoms.